The Morgan fingerprint density at radius 2 is 1.50 bits per heavy atom. The predicted molar refractivity (Wildman–Crippen MR) is 116 cm³/mol. The number of carbonyl (C=O) groups is 2. The maximum absolute atomic E-state index is 12.8. The normalized spacial score (nSPS) is 16.8. The molecule has 0 rings (SSSR count). The molecule has 3 amide bonds. The molecule has 0 fully saturated rings. The van der Waals surface area contributed by atoms with Gasteiger partial charge in [0.2, 0.25) is 5.91 Å². The van der Waals surface area contributed by atoms with E-state index in [4.69, 9.17) is 4.74 Å². The van der Waals surface area contributed by atoms with Crippen LogP contribution in [0.15, 0.2) is 0 Å². The third kappa shape index (κ3) is 7.26. The lowest BCUT2D eigenvalue weighted by atomic mass is 9.88. The Labute approximate surface area is 173 Å². The zero-order valence-electron chi connectivity index (χ0n) is 19.9. The van der Waals surface area contributed by atoms with Gasteiger partial charge in [0.1, 0.15) is 0 Å². The Bertz CT molecular complexity index is 466. The third-order valence-corrected chi connectivity index (χ3v) is 6.44. The monoisotopic (exact) mass is 399 g/mol. The van der Waals surface area contributed by atoms with Gasteiger partial charge in [0, 0.05) is 27.2 Å². The summed E-state index contributed by atoms with van der Waals surface area (Å²) in [7, 11) is 5.32. The van der Waals surface area contributed by atoms with E-state index in [2.05, 4.69) is 53.8 Å². The van der Waals surface area contributed by atoms with Crippen LogP contribution in [0, 0.1) is 17.8 Å². The Balaban J connectivity index is 5.02. The van der Waals surface area contributed by atoms with Crippen LogP contribution in [-0.4, -0.2) is 67.7 Å². The van der Waals surface area contributed by atoms with Crippen molar-refractivity contribution in [2.75, 3.05) is 27.7 Å². The van der Waals surface area contributed by atoms with E-state index in [-0.39, 0.29) is 36.7 Å². The fourth-order valence-electron chi connectivity index (χ4n) is 3.95. The first-order valence-electron chi connectivity index (χ1n) is 10.9. The molecule has 28 heavy (non-hydrogen) atoms. The van der Waals surface area contributed by atoms with E-state index in [1.165, 1.54) is 0 Å². The molecule has 166 valence electrons. The van der Waals surface area contributed by atoms with Crippen molar-refractivity contribution < 1.29 is 14.3 Å². The van der Waals surface area contributed by atoms with Crippen LogP contribution < -0.4 is 5.32 Å². The zero-order valence-corrected chi connectivity index (χ0v) is 19.9. The standard InChI is InChI=1S/C22H45N3O3/c1-11-16(6)21(19(13-3)28-10)25(9)20(26)14-23-22(27)24(8)18(12-2)17(7)15(4)5/h15-19,21H,11-14H2,1-10H3,(H,23,27)/t16?,17-,18?,19?,21?/m0/s1. The molecule has 1 N–H and O–H groups in total. The molecule has 0 radical (unpaired) electrons. The molecule has 0 aliphatic heterocycles. The van der Waals surface area contributed by atoms with Crippen molar-refractivity contribution in [1.29, 1.82) is 0 Å². The highest BCUT2D eigenvalue weighted by Gasteiger charge is 2.32. The van der Waals surface area contributed by atoms with Crippen LogP contribution >= 0.6 is 0 Å². The van der Waals surface area contributed by atoms with Gasteiger partial charge in [0.05, 0.1) is 18.7 Å². The maximum atomic E-state index is 12.8. The average molecular weight is 400 g/mol. The highest BCUT2D eigenvalue weighted by atomic mass is 16.5. The number of nitrogens with zero attached hydrogens (tertiary/aromatic N) is 2. The van der Waals surface area contributed by atoms with Gasteiger partial charge in [-0.05, 0) is 30.6 Å². The quantitative estimate of drug-likeness (QED) is 0.540. The second-order valence-corrected chi connectivity index (χ2v) is 8.41. The zero-order chi connectivity index (χ0) is 22.0. The highest BCUT2D eigenvalue weighted by Crippen LogP contribution is 2.22. The number of ether oxygens (including phenoxy) is 1. The Morgan fingerprint density at radius 1 is 0.929 bits per heavy atom. The minimum absolute atomic E-state index is 0.000744. The van der Waals surface area contributed by atoms with E-state index in [1.807, 2.05) is 14.1 Å². The molecule has 0 saturated carbocycles. The summed E-state index contributed by atoms with van der Waals surface area (Å²) in [6.45, 7) is 14.9. The van der Waals surface area contributed by atoms with Gasteiger partial charge in [0.25, 0.3) is 0 Å². The molecule has 0 spiro atoms. The van der Waals surface area contributed by atoms with E-state index >= 15 is 0 Å². The summed E-state index contributed by atoms with van der Waals surface area (Å²) in [6, 6.07) is -0.0508. The predicted octanol–water partition coefficient (Wildman–Crippen LogP) is 4.00. The number of rotatable bonds is 12. The molecule has 6 heteroatoms. The molecular formula is C22H45N3O3. The smallest absolute Gasteiger partial charge is 0.317 e. The van der Waals surface area contributed by atoms with Gasteiger partial charge < -0.3 is 19.9 Å². The molecule has 0 aromatic carbocycles. The molecule has 0 heterocycles. The summed E-state index contributed by atoms with van der Waals surface area (Å²) in [5, 5.41) is 2.81. The van der Waals surface area contributed by atoms with Crippen molar-refractivity contribution in [2.24, 2.45) is 17.8 Å². The minimum Gasteiger partial charge on any atom is -0.379 e. The average Bonchev–Trinajstić information content (AvgIpc) is 2.68. The molecule has 0 aliphatic carbocycles. The van der Waals surface area contributed by atoms with Crippen LogP contribution in [0.2, 0.25) is 0 Å². The summed E-state index contributed by atoms with van der Waals surface area (Å²) >= 11 is 0. The lowest BCUT2D eigenvalue weighted by Crippen LogP contribution is -2.53. The number of hydrogen-bond acceptors (Lipinski definition) is 3. The van der Waals surface area contributed by atoms with Crippen molar-refractivity contribution >= 4 is 11.9 Å². The largest absolute Gasteiger partial charge is 0.379 e. The number of methoxy groups -OCH3 is 1. The van der Waals surface area contributed by atoms with Crippen LogP contribution in [0.25, 0.3) is 0 Å². The van der Waals surface area contributed by atoms with Crippen molar-refractivity contribution in [2.45, 2.75) is 85.9 Å². The number of urea groups is 1. The highest BCUT2D eigenvalue weighted by molar-refractivity contribution is 5.84. The van der Waals surface area contributed by atoms with Gasteiger partial charge in [-0.25, -0.2) is 4.79 Å². The maximum Gasteiger partial charge on any atom is 0.317 e. The second-order valence-electron chi connectivity index (χ2n) is 8.41. The Kier molecular flexibility index (Phi) is 12.4. The van der Waals surface area contributed by atoms with Crippen LogP contribution in [-0.2, 0) is 9.53 Å². The van der Waals surface area contributed by atoms with E-state index < -0.39 is 0 Å². The number of nitrogens with one attached hydrogen (secondary N) is 1. The van der Waals surface area contributed by atoms with Gasteiger partial charge in [-0.2, -0.15) is 0 Å². The SMILES string of the molecule is CCC(C)C(C(CC)OC)N(C)C(=O)CNC(=O)N(C)C(CC)[C@@H](C)C(C)C. The van der Waals surface area contributed by atoms with Crippen LogP contribution in [0.3, 0.4) is 0 Å². The third-order valence-electron chi connectivity index (χ3n) is 6.44. The van der Waals surface area contributed by atoms with Gasteiger partial charge in [-0.1, -0.05) is 54.9 Å². The fourth-order valence-corrected chi connectivity index (χ4v) is 3.95. The molecule has 5 atom stereocenters. The van der Waals surface area contributed by atoms with Crippen molar-refractivity contribution in [3.8, 4) is 0 Å². The fraction of sp³-hybridized carbons (Fsp3) is 0.909. The van der Waals surface area contributed by atoms with E-state index in [0.717, 1.165) is 19.3 Å². The molecule has 4 unspecified atom stereocenters. The molecule has 0 bridgehead atoms. The van der Waals surface area contributed by atoms with Gasteiger partial charge in [-0.3, -0.25) is 4.79 Å². The summed E-state index contributed by atoms with van der Waals surface area (Å²) in [4.78, 5) is 28.9. The Hall–Kier alpha value is -1.30. The first-order valence-corrected chi connectivity index (χ1v) is 10.9. The summed E-state index contributed by atoms with van der Waals surface area (Å²) in [6.07, 6.45) is 2.67. The molecule has 0 aromatic rings. The molecule has 0 aliphatic rings. The second kappa shape index (κ2) is 13.0. The van der Waals surface area contributed by atoms with Gasteiger partial charge >= 0.3 is 6.03 Å². The number of carbonyl (C=O) groups excluding carboxylic acids is 2. The minimum atomic E-state index is -0.194. The Morgan fingerprint density at radius 3 is 1.89 bits per heavy atom. The summed E-state index contributed by atoms with van der Waals surface area (Å²) in [5.74, 6) is 1.10. The number of likely N-dealkylation sites (N-methyl/N-ethyl adjacent to an activating group) is 1. The number of amides is 3. The first-order chi connectivity index (χ1) is 13.1. The van der Waals surface area contributed by atoms with Crippen molar-refractivity contribution in [3.05, 3.63) is 0 Å². The van der Waals surface area contributed by atoms with E-state index in [1.54, 1.807) is 16.9 Å². The van der Waals surface area contributed by atoms with Crippen LogP contribution in [0.1, 0.15) is 67.7 Å². The lowest BCUT2D eigenvalue weighted by molar-refractivity contribution is -0.135. The molecule has 0 aromatic heterocycles. The topological polar surface area (TPSA) is 61.9 Å². The van der Waals surface area contributed by atoms with Crippen molar-refractivity contribution in [1.82, 2.24) is 15.1 Å². The van der Waals surface area contributed by atoms with Gasteiger partial charge in [0.15, 0.2) is 0 Å². The van der Waals surface area contributed by atoms with Gasteiger partial charge in [-0.15, -0.1) is 0 Å². The summed E-state index contributed by atoms with van der Waals surface area (Å²) in [5.41, 5.74) is 0. The first kappa shape index (κ1) is 26.7. The molecule has 6 nitrogen and oxygen atoms in total. The van der Waals surface area contributed by atoms with Crippen LogP contribution in [0.5, 0.6) is 0 Å². The van der Waals surface area contributed by atoms with E-state index in [0.29, 0.717) is 17.8 Å². The molecule has 0 saturated heterocycles. The van der Waals surface area contributed by atoms with E-state index in [9.17, 15) is 9.59 Å². The van der Waals surface area contributed by atoms with Crippen LogP contribution in [0.4, 0.5) is 4.79 Å². The number of hydrogen-bond donors (Lipinski definition) is 1. The molecular weight excluding hydrogens is 354 g/mol. The lowest BCUT2D eigenvalue weighted by Gasteiger charge is -2.38. The summed E-state index contributed by atoms with van der Waals surface area (Å²) < 4.78 is 5.62. The van der Waals surface area contributed by atoms with Crippen molar-refractivity contribution in [3.63, 3.8) is 0 Å².